The van der Waals surface area contributed by atoms with Gasteiger partial charge in [0.2, 0.25) is 0 Å². The number of fused-ring (bicyclic) bond motifs is 1. The molecular formula is C18H17N5O2. The molecule has 1 aromatic heterocycles. The lowest BCUT2D eigenvalue weighted by molar-refractivity contribution is -0.878. The van der Waals surface area contributed by atoms with Crippen LogP contribution >= 0.6 is 0 Å². The normalized spacial score (nSPS) is 30.4. The summed E-state index contributed by atoms with van der Waals surface area (Å²) in [5.41, 5.74) is -0.948. The monoisotopic (exact) mass is 335 g/mol. The summed E-state index contributed by atoms with van der Waals surface area (Å²) >= 11 is 0. The molecule has 2 unspecified atom stereocenters. The fourth-order valence-electron chi connectivity index (χ4n) is 4.12. The minimum Gasteiger partial charge on any atom is -0.549 e. The van der Waals surface area contributed by atoms with Gasteiger partial charge in [0, 0.05) is 24.2 Å². The molecule has 4 atom stereocenters. The quantitative estimate of drug-likeness (QED) is 0.647. The summed E-state index contributed by atoms with van der Waals surface area (Å²) in [6.45, 7) is 1.22. The third-order valence-electron chi connectivity index (χ3n) is 5.25. The molecule has 1 fully saturated rings. The number of carbonyl (C=O) groups excluding carboxylic acids is 1. The molecule has 2 aliphatic rings. The Morgan fingerprint density at radius 1 is 1.40 bits per heavy atom. The number of carbonyl (C=O) groups is 1. The van der Waals surface area contributed by atoms with Crippen LogP contribution in [0.2, 0.25) is 0 Å². The van der Waals surface area contributed by atoms with Crippen LogP contribution in [-0.2, 0) is 4.79 Å². The average Bonchev–Trinajstić information content (AvgIpc) is 2.61. The second-order valence-electron chi connectivity index (χ2n) is 6.63. The van der Waals surface area contributed by atoms with Crippen molar-refractivity contribution < 1.29 is 14.8 Å². The smallest absolute Gasteiger partial charge is 0.189 e. The zero-order valence-electron chi connectivity index (χ0n) is 13.7. The number of carboxylic acid groups (broad SMARTS) is 1. The molecule has 0 amide bonds. The minimum absolute atomic E-state index is 0.326. The van der Waals surface area contributed by atoms with Gasteiger partial charge in [0.1, 0.15) is 0 Å². The molecule has 0 bridgehead atoms. The Morgan fingerprint density at radius 2 is 2.04 bits per heavy atom. The summed E-state index contributed by atoms with van der Waals surface area (Å²) in [5, 5.41) is 39.8. The molecule has 1 aliphatic carbocycles. The standard InChI is InChI=1S/C18H17N5O2/c1-23-7-4-12-13(8-23)15(11-2-5-22-6-3-11)18(9-19,10-20)16(21)14(12)17(24)25/h2-6,13-15,21H,7-8H2,1H3,(H,24,25)/t13-,14?,15+/m1/s1. The minimum atomic E-state index is -1.84. The van der Waals surface area contributed by atoms with Crippen molar-refractivity contribution >= 4 is 11.7 Å². The highest BCUT2D eigenvalue weighted by Gasteiger charge is 2.58. The first-order chi connectivity index (χ1) is 12.0. The number of nitrogens with zero attached hydrogens (tertiary/aromatic N) is 3. The number of likely N-dealkylation sites (N-methyl/N-ethyl adjacent to an activating group) is 1. The first-order valence-corrected chi connectivity index (χ1v) is 7.99. The predicted octanol–water partition coefficient (Wildman–Crippen LogP) is -1.33. The summed E-state index contributed by atoms with van der Waals surface area (Å²) in [5.74, 6) is -3.69. The van der Waals surface area contributed by atoms with Crippen LogP contribution in [0.25, 0.3) is 0 Å². The number of aliphatic carboxylic acids is 1. The van der Waals surface area contributed by atoms with Gasteiger partial charge in [-0.25, -0.2) is 0 Å². The van der Waals surface area contributed by atoms with E-state index in [0.717, 1.165) is 4.90 Å². The van der Waals surface area contributed by atoms with Crippen LogP contribution in [0.4, 0.5) is 0 Å². The number of quaternary nitrogens is 1. The van der Waals surface area contributed by atoms with Crippen LogP contribution in [-0.4, -0.2) is 36.8 Å². The second kappa shape index (κ2) is 6.12. The molecule has 25 heavy (non-hydrogen) atoms. The molecule has 1 saturated carbocycles. The molecule has 2 N–H and O–H groups in total. The van der Waals surface area contributed by atoms with Crippen LogP contribution in [0, 0.1) is 45.3 Å². The van der Waals surface area contributed by atoms with Gasteiger partial charge in [-0.3, -0.25) is 4.98 Å². The van der Waals surface area contributed by atoms with E-state index in [0.29, 0.717) is 24.2 Å². The fourth-order valence-corrected chi connectivity index (χ4v) is 4.12. The zero-order chi connectivity index (χ0) is 18.2. The molecule has 1 aliphatic heterocycles. The Bertz CT molecular complexity index is 819. The molecule has 2 heterocycles. The van der Waals surface area contributed by atoms with Crippen LogP contribution in [0.1, 0.15) is 11.5 Å². The fraction of sp³-hybridized carbons (Fsp3) is 0.389. The topological polar surface area (TPSA) is 129 Å². The third kappa shape index (κ3) is 2.41. The molecule has 0 radical (unpaired) electrons. The largest absolute Gasteiger partial charge is 0.549 e. The van der Waals surface area contributed by atoms with Crippen molar-refractivity contribution in [2.24, 2.45) is 17.3 Å². The summed E-state index contributed by atoms with van der Waals surface area (Å²) in [6.07, 6.45) is 4.98. The maximum atomic E-state index is 11.7. The molecule has 7 heteroatoms. The molecule has 3 rings (SSSR count). The van der Waals surface area contributed by atoms with Gasteiger partial charge in [-0.05, 0) is 29.3 Å². The molecule has 0 aromatic carbocycles. The SMILES string of the molecule is C[NH+]1CC=C2C(C(=O)[O-])C(=N)C(C#N)(C#N)[C@@H](c3ccncc3)[C@@H]2C1. The highest BCUT2D eigenvalue weighted by Crippen LogP contribution is 2.52. The third-order valence-corrected chi connectivity index (χ3v) is 5.25. The van der Waals surface area contributed by atoms with E-state index in [1.807, 2.05) is 25.3 Å². The van der Waals surface area contributed by atoms with Crippen LogP contribution in [0.3, 0.4) is 0 Å². The van der Waals surface area contributed by atoms with Crippen molar-refractivity contribution in [1.82, 2.24) is 4.98 Å². The molecule has 1 aromatic rings. The highest BCUT2D eigenvalue weighted by molar-refractivity contribution is 6.09. The Labute approximate surface area is 145 Å². The summed E-state index contributed by atoms with van der Waals surface area (Å²) < 4.78 is 0. The first-order valence-electron chi connectivity index (χ1n) is 7.99. The van der Waals surface area contributed by atoms with E-state index in [1.54, 1.807) is 24.5 Å². The van der Waals surface area contributed by atoms with Crippen molar-refractivity contribution in [2.75, 3.05) is 20.1 Å². The molecule has 0 spiro atoms. The number of carboxylic acids is 1. The van der Waals surface area contributed by atoms with Gasteiger partial charge in [0.25, 0.3) is 0 Å². The van der Waals surface area contributed by atoms with Crippen molar-refractivity contribution in [3.05, 3.63) is 41.7 Å². The van der Waals surface area contributed by atoms with Gasteiger partial charge in [-0.2, -0.15) is 10.5 Å². The van der Waals surface area contributed by atoms with E-state index < -0.39 is 28.9 Å². The van der Waals surface area contributed by atoms with Gasteiger partial charge in [-0.1, -0.05) is 0 Å². The Balaban J connectivity index is 2.27. The lowest BCUT2D eigenvalue weighted by Gasteiger charge is -2.47. The number of hydrogen-bond donors (Lipinski definition) is 2. The van der Waals surface area contributed by atoms with Crippen LogP contribution < -0.4 is 10.0 Å². The van der Waals surface area contributed by atoms with Gasteiger partial charge in [0.05, 0.1) is 49.9 Å². The van der Waals surface area contributed by atoms with Gasteiger partial charge >= 0.3 is 0 Å². The van der Waals surface area contributed by atoms with E-state index in [9.17, 15) is 20.4 Å². The number of hydrogen-bond acceptors (Lipinski definition) is 6. The number of nitriles is 2. The number of rotatable bonds is 2. The van der Waals surface area contributed by atoms with Gasteiger partial charge in [-0.15, -0.1) is 0 Å². The van der Waals surface area contributed by atoms with Crippen molar-refractivity contribution in [3.8, 4) is 12.1 Å². The Morgan fingerprint density at radius 3 is 2.60 bits per heavy atom. The first kappa shape index (κ1) is 16.8. The van der Waals surface area contributed by atoms with E-state index in [2.05, 4.69) is 4.98 Å². The zero-order valence-corrected chi connectivity index (χ0v) is 13.7. The average molecular weight is 335 g/mol. The van der Waals surface area contributed by atoms with E-state index in [4.69, 9.17) is 5.41 Å². The van der Waals surface area contributed by atoms with E-state index in [1.165, 1.54) is 0 Å². The van der Waals surface area contributed by atoms with E-state index >= 15 is 0 Å². The van der Waals surface area contributed by atoms with Crippen molar-refractivity contribution in [1.29, 1.82) is 15.9 Å². The van der Waals surface area contributed by atoms with Crippen molar-refractivity contribution in [3.63, 3.8) is 0 Å². The maximum Gasteiger partial charge on any atom is 0.189 e. The highest BCUT2D eigenvalue weighted by atomic mass is 16.4. The molecular weight excluding hydrogens is 318 g/mol. The van der Waals surface area contributed by atoms with Crippen LogP contribution in [0.15, 0.2) is 36.2 Å². The lowest BCUT2D eigenvalue weighted by atomic mass is 9.54. The summed E-state index contributed by atoms with van der Waals surface area (Å²) in [7, 11) is 1.98. The summed E-state index contributed by atoms with van der Waals surface area (Å²) in [4.78, 5) is 16.9. The lowest BCUT2D eigenvalue weighted by Crippen LogP contribution is -3.10. The second-order valence-corrected chi connectivity index (χ2v) is 6.63. The Kier molecular flexibility index (Phi) is 4.12. The summed E-state index contributed by atoms with van der Waals surface area (Å²) in [6, 6.07) is 7.38. The predicted molar refractivity (Wildman–Crippen MR) is 85.1 cm³/mol. The maximum absolute atomic E-state index is 11.7. The number of aromatic nitrogens is 1. The van der Waals surface area contributed by atoms with Crippen LogP contribution in [0.5, 0.6) is 0 Å². The number of pyridine rings is 1. The molecule has 0 saturated heterocycles. The molecule has 126 valence electrons. The van der Waals surface area contributed by atoms with Gasteiger partial charge in [0.15, 0.2) is 5.41 Å². The van der Waals surface area contributed by atoms with E-state index in [-0.39, 0.29) is 5.92 Å². The Hall–Kier alpha value is -3.03. The molecule has 7 nitrogen and oxygen atoms in total. The van der Waals surface area contributed by atoms with Crippen molar-refractivity contribution in [2.45, 2.75) is 5.92 Å². The van der Waals surface area contributed by atoms with Gasteiger partial charge < -0.3 is 20.2 Å². The number of nitrogens with one attached hydrogen (secondary N) is 2.